The van der Waals surface area contributed by atoms with Gasteiger partial charge in [-0.2, -0.15) is 0 Å². The number of hydrogen-bond acceptors (Lipinski definition) is 2. The predicted octanol–water partition coefficient (Wildman–Crippen LogP) is 4.57. The smallest absolute Gasteiger partial charge is 0.226 e. The topological polar surface area (TPSA) is 41.1 Å². The van der Waals surface area contributed by atoms with Crippen molar-refractivity contribution in [2.45, 2.75) is 6.42 Å². The van der Waals surface area contributed by atoms with Gasteiger partial charge in [0.25, 0.3) is 0 Å². The van der Waals surface area contributed by atoms with Crippen LogP contribution in [-0.2, 0) is 4.79 Å². The molecule has 0 saturated heterocycles. The van der Waals surface area contributed by atoms with E-state index in [0.29, 0.717) is 28.0 Å². The molecule has 0 atom stereocenters. The maximum Gasteiger partial charge on any atom is 0.226 e. The lowest BCUT2D eigenvalue weighted by Crippen LogP contribution is -2.16. The Morgan fingerprint density at radius 2 is 1.76 bits per heavy atom. The van der Waals surface area contributed by atoms with E-state index < -0.39 is 0 Å². The molecule has 21 heavy (non-hydrogen) atoms. The Labute approximate surface area is 132 Å². The molecule has 1 amide bonds. The van der Waals surface area contributed by atoms with Crippen molar-refractivity contribution in [2.24, 2.45) is 0 Å². The molecule has 0 fully saturated rings. The average Bonchev–Trinajstić information content (AvgIpc) is 2.37. The van der Waals surface area contributed by atoms with Crippen LogP contribution in [0.4, 0.5) is 15.8 Å². The van der Waals surface area contributed by atoms with Gasteiger partial charge in [-0.15, -0.1) is 0 Å². The molecule has 0 aliphatic heterocycles. The first kappa shape index (κ1) is 15.6. The molecule has 0 radical (unpaired) electrons. The average molecular weight is 327 g/mol. The second kappa shape index (κ2) is 7.29. The molecule has 2 aromatic carbocycles. The van der Waals surface area contributed by atoms with Crippen LogP contribution < -0.4 is 10.6 Å². The van der Waals surface area contributed by atoms with Gasteiger partial charge in [-0.1, -0.05) is 29.3 Å². The largest absolute Gasteiger partial charge is 0.384 e. The Kier molecular flexibility index (Phi) is 5.42. The van der Waals surface area contributed by atoms with Crippen LogP contribution in [0.3, 0.4) is 0 Å². The molecule has 110 valence electrons. The van der Waals surface area contributed by atoms with Crippen molar-refractivity contribution in [3.63, 3.8) is 0 Å². The third-order valence-corrected chi connectivity index (χ3v) is 3.09. The van der Waals surface area contributed by atoms with Gasteiger partial charge in [0.15, 0.2) is 0 Å². The summed E-state index contributed by atoms with van der Waals surface area (Å²) >= 11 is 11.7. The van der Waals surface area contributed by atoms with Gasteiger partial charge in [-0.25, -0.2) is 4.39 Å². The number of carbonyl (C=O) groups excluding carboxylic acids is 1. The minimum Gasteiger partial charge on any atom is -0.384 e. The summed E-state index contributed by atoms with van der Waals surface area (Å²) in [6.45, 7) is 0.392. The van der Waals surface area contributed by atoms with Gasteiger partial charge in [-0.3, -0.25) is 4.79 Å². The van der Waals surface area contributed by atoms with Crippen molar-refractivity contribution >= 4 is 40.5 Å². The molecule has 0 spiro atoms. The van der Waals surface area contributed by atoms with Gasteiger partial charge in [0.2, 0.25) is 5.91 Å². The van der Waals surface area contributed by atoms with E-state index in [1.807, 2.05) is 0 Å². The number of nitrogens with one attached hydrogen (secondary N) is 2. The summed E-state index contributed by atoms with van der Waals surface area (Å²) in [5, 5.41) is 6.58. The monoisotopic (exact) mass is 326 g/mol. The molecule has 3 nitrogen and oxygen atoms in total. The molecule has 2 aromatic rings. The molecule has 6 heteroatoms. The molecule has 0 aliphatic carbocycles. The Hall–Kier alpha value is -1.78. The molecule has 0 aromatic heterocycles. The number of amides is 1. The van der Waals surface area contributed by atoms with E-state index in [0.717, 1.165) is 0 Å². The van der Waals surface area contributed by atoms with Gasteiger partial charge < -0.3 is 10.6 Å². The van der Waals surface area contributed by atoms with Gasteiger partial charge in [0, 0.05) is 34.4 Å². The van der Waals surface area contributed by atoms with Crippen LogP contribution in [0.25, 0.3) is 0 Å². The van der Waals surface area contributed by atoms with Crippen LogP contribution >= 0.6 is 23.2 Å². The predicted molar refractivity (Wildman–Crippen MR) is 84.6 cm³/mol. The zero-order chi connectivity index (χ0) is 15.2. The minimum atomic E-state index is -0.321. The summed E-state index contributed by atoms with van der Waals surface area (Å²) in [5.74, 6) is -0.504. The molecule has 2 rings (SSSR count). The van der Waals surface area contributed by atoms with E-state index in [1.54, 1.807) is 30.3 Å². The lowest BCUT2D eigenvalue weighted by Gasteiger charge is -2.08. The SMILES string of the molecule is O=C(CCNc1cccc(F)c1)Nc1cc(Cl)cc(Cl)c1. The lowest BCUT2D eigenvalue weighted by atomic mass is 10.3. The fraction of sp³-hybridized carbons (Fsp3) is 0.133. The second-order valence-electron chi connectivity index (χ2n) is 4.39. The molecule has 0 aliphatic rings. The minimum absolute atomic E-state index is 0.183. The van der Waals surface area contributed by atoms with Crippen molar-refractivity contribution in [3.05, 3.63) is 58.3 Å². The Bertz CT molecular complexity index is 629. The van der Waals surface area contributed by atoms with Gasteiger partial charge >= 0.3 is 0 Å². The van der Waals surface area contributed by atoms with Crippen molar-refractivity contribution in [2.75, 3.05) is 17.2 Å². The third-order valence-electron chi connectivity index (χ3n) is 2.65. The summed E-state index contributed by atoms with van der Waals surface area (Å²) in [6, 6.07) is 10.9. The van der Waals surface area contributed by atoms with Gasteiger partial charge in [0.1, 0.15) is 5.82 Å². The van der Waals surface area contributed by atoms with Crippen LogP contribution in [0, 0.1) is 5.82 Å². The van der Waals surface area contributed by atoms with Crippen molar-refractivity contribution in [1.82, 2.24) is 0 Å². The molecular weight excluding hydrogens is 314 g/mol. The van der Waals surface area contributed by atoms with Crippen molar-refractivity contribution in [1.29, 1.82) is 0 Å². The molecule has 0 bridgehead atoms. The first-order valence-electron chi connectivity index (χ1n) is 6.28. The number of carbonyl (C=O) groups is 1. The van der Waals surface area contributed by atoms with Crippen LogP contribution in [0.5, 0.6) is 0 Å². The van der Waals surface area contributed by atoms with Crippen molar-refractivity contribution < 1.29 is 9.18 Å². The van der Waals surface area contributed by atoms with E-state index in [1.165, 1.54) is 12.1 Å². The Balaban J connectivity index is 1.82. The number of halogens is 3. The fourth-order valence-corrected chi connectivity index (χ4v) is 2.29. The first-order chi connectivity index (χ1) is 10.0. The quantitative estimate of drug-likeness (QED) is 0.844. The Morgan fingerprint density at radius 1 is 1.05 bits per heavy atom. The Morgan fingerprint density at radius 3 is 2.43 bits per heavy atom. The number of anilines is 2. The zero-order valence-corrected chi connectivity index (χ0v) is 12.5. The highest BCUT2D eigenvalue weighted by molar-refractivity contribution is 6.35. The maximum absolute atomic E-state index is 13.0. The van der Waals surface area contributed by atoms with Crippen molar-refractivity contribution in [3.8, 4) is 0 Å². The maximum atomic E-state index is 13.0. The highest BCUT2D eigenvalue weighted by Crippen LogP contribution is 2.22. The number of hydrogen-bond donors (Lipinski definition) is 2. The summed E-state index contributed by atoms with van der Waals surface area (Å²) in [5.41, 5.74) is 1.18. The summed E-state index contributed by atoms with van der Waals surface area (Å²) in [4.78, 5) is 11.8. The highest BCUT2D eigenvalue weighted by atomic mass is 35.5. The zero-order valence-electron chi connectivity index (χ0n) is 11.0. The normalized spacial score (nSPS) is 10.2. The van der Waals surface area contributed by atoms with Gasteiger partial charge in [0.05, 0.1) is 0 Å². The molecule has 0 unspecified atom stereocenters. The van der Waals surface area contributed by atoms with Crippen LogP contribution in [0.1, 0.15) is 6.42 Å². The first-order valence-corrected chi connectivity index (χ1v) is 7.04. The van der Waals surface area contributed by atoms with Crippen LogP contribution in [-0.4, -0.2) is 12.5 Å². The molecule has 2 N–H and O–H groups in total. The van der Waals surface area contributed by atoms with E-state index in [4.69, 9.17) is 23.2 Å². The van der Waals surface area contributed by atoms with Gasteiger partial charge in [-0.05, 0) is 36.4 Å². The summed E-state index contributed by atoms with van der Waals surface area (Å²) < 4.78 is 13.0. The second-order valence-corrected chi connectivity index (χ2v) is 5.27. The number of rotatable bonds is 5. The molecular formula is C15H13Cl2FN2O. The molecule has 0 heterocycles. The third kappa shape index (κ3) is 5.25. The molecule has 0 saturated carbocycles. The van der Waals surface area contributed by atoms with E-state index >= 15 is 0 Å². The summed E-state index contributed by atoms with van der Waals surface area (Å²) in [6.07, 6.45) is 0.237. The fourth-order valence-electron chi connectivity index (χ4n) is 1.77. The van der Waals surface area contributed by atoms with E-state index in [2.05, 4.69) is 10.6 Å². The van der Waals surface area contributed by atoms with Crippen LogP contribution in [0.2, 0.25) is 10.0 Å². The van der Waals surface area contributed by atoms with E-state index in [-0.39, 0.29) is 18.1 Å². The standard InChI is InChI=1S/C15H13Cl2FN2O/c16-10-6-11(17)8-14(7-10)20-15(21)4-5-19-13-3-1-2-12(18)9-13/h1-3,6-9,19H,4-5H2,(H,20,21). The van der Waals surface area contributed by atoms with E-state index in [9.17, 15) is 9.18 Å². The number of benzene rings is 2. The lowest BCUT2D eigenvalue weighted by molar-refractivity contribution is -0.115. The van der Waals surface area contributed by atoms with Crippen LogP contribution in [0.15, 0.2) is 42.5 Å². The highest BCUT2D eigenvalue weighted by Gasteiger charge is 2.04. The summed E-state index contributed by atoms with van der Waals surface area (Å²) in [7, 11) is 0.